The summed E-state index contributed by atoms with van der Waals surface area (Å²) in [5.74, 6) is -0.392. The maximum Gasteiger partial charge on any atom is 0.332 e. The number of hydrogen-bond donors (Lipinski definition) is 2. The van der Waals surface area contributed by atoms with Gasteiger partial charge in [0.05, 0.1) is 6.10 Å². The molecule has 23 heavy (non-hydrogen) atoms. The maximum atomic E-state index is 12.9. The van der Waals surface area contributed by atoms with Crippen LogP contribution in [-0.4, -0.2) is 20.8 Å². The number of nitriles is 1. The van der Waals surface area contributed by atoms with Crippen molar-refractivity contribution in [3.8, 4) is 6.07 Å². The fourth-order valence-corrected chi connectivity index (χ4v) is 2.15. The fourth-order valence-electron chi connectivity index (χ4n) is 2.15. The molecule has 1 aromatic heterocycles. The normalized spacial score (nSPS) is 11.8. The Kier molecular flexibility index (Phi) is 4.62. The van der Waals surface area contributed by atoms with Crippen LogP contribution in [0.5, 0.6) is 0 Å². The lowest BCUT2D eigenvalue weighted by Gasteiger charge is -2.16. The van der Waals surface area contributed by atoms with Crippen LogP contribution in [0.15, 0.2) is 33.9 Å². The highest BCUT2D eigenvalue weighted by molar-refractivity contribution is 5.51. The largest absolute Gasteiger partial charge is 0.387 e. The van der Waals surface area contributed by atoms with E-state index in [9.17, 15) is 19.1 Å². The first kappa shape index (κ1) is 16.5. The molecule has 0 saturated carbocycles. The van der Waals surface area contributed by atoms with E-state index in [4.69, 9.17) is 5.26 Å². The summed E-state index contributed by atoms with van der Waals surface area (Å²) in [6.45, 7) is -0.0548. The van der Waals surface area contributed by atoms with Gasteiger partial charge in [-0.1, -0.05) is 12.1 Å². The third-order valence-corrected chi connectivity index (χ3v) is 3.49. The van der Waals surface area contributed by atoms with Crippen molar-refractivity contribution in [2.24, 2.45) is 14.1 Å². The quantitative estimate of drug-likeness (QED) is 0.841. The molecule has 0 spiro atoms. The van der Waals surface area contributed by atoms with Crippen molar-refractivity contribution in [2.75, 3.05) is 11.9 Å². The number of anilines is 1. The van der Waals surface area contributed by atoms with E-state index in [1.807, 2.05) is 0 Å². The number of nitrogens with zero attached hydrogens (tertiary/aromatic N) is 3. The first-order valence-electron chi connectivity index (χ1n) is 6.74. The van der Waals surface area contributed by atoms with Crippen molar-refractivity contribution in [1.82, 2.24) is 9.13 Å². The molecular formula is C15H15FN4O3. The predicted octanol–water partition coefficient (Wildman–Crippen LogP) is 0.240. The maximum absolute atomic E-state index is 12.9. The monoisotopic (exact) mass is 318 g/mol. The van der Waals surface area contributed by atoms with Gasteiger partial charge >= 0.3 is 5.69 Å². The van der Waals surface area contributed by atoms with Crippen LogP contribution < -0.4 is 16.6 Å². The molecule has 1 aromatic carbocycles. The number of aromatic nitrogens is 2. The van der Waals surface area contributed by atoms with Crippen molar-refractivity contribution in [3.05, 3.63) is 62.0 Å². The Hall–Kier alpha value is -2.92. The molecule has 0 aliphatic heterocycles. The third-order valence-electron chi connectivity index (χ3n) is 3.49. The van der Waals surface area contributed by atoms with Gasteiger partial charge < -0.3 is 10.4 Å². The van der Waals surface area contributed by atoms with Crippen LogP contribution in [0.4, 0.5) is 10.2 Å². The zero-order valence-corrected chi connectivity index (χ0v) is 12.6. The molecule has 0 fully saturated rings. The first-order valence-corrected chi connectivity index (χ1v) is 6.74. The van der Waals surface area contributed by atoms with Crippen molar-refractivity contribution in [3.63, 3.8) is 0 Å². The van der Waals surface area contributed by atoms with Gasteiger partial charge in [0.2, 0.25) is 0 Å². The minimum Gasteiger partial charge on any atom is -0.387 e. The van der Waals surface area contributed by atoms with Crippen molar-refractivity contribution in [1.29, 1.82) is 5.26 Å². The molecule has 120 valence electrons. The van der Waals surface area contributed by atoms with Crippen LogP contribution >= 0.6 is 0 Å². The summed E-state index contributed by atoms with van der Waals surface area (Å²) in [5.41, 5.74) is -1.06. The van der Waals surface area contributed by atoms with Gasteiger partial charge in [0, 0.05) is 20.6 Å². The molecule has 7 nitrogen and oxygen atoms in total. The molecule has 0 saturated heterocycles. The zero-order chi connectivity index (χ0) is 17.1. The lowest BCUT2D eigenvalue weighted by Crippen LogP contribution is -2.40. The molecule has 0 bridgehead atoms. The molecule has 2 rings (SSSR count). The fraction of sp³-hybridized carbons (Fsp3) is 0.267. The number of halogens is 1. The summed E-state index contributed by atoms with van der Waals surface area (Å²) in [6.07, 6.45) is -0.999. The van der Waals surface area contributed by atoms with Crippen molar-refractivity contribution >= 4 is 5.82 Å². The van der Waals surface area contributed by atoms with E-state index in [-0.39, 0.29) is 17.9 Å². The molecule has 2 N–H and O–H groups in total. The number of hydrogen-bond acceptors (Lipinski definition) is 5. The van der Waals surface area contributed by atoms with E-state index in [1.54, 1.807) is 6.07 Å². The second-order valence-electron chi connectivity index (χ2n) is 4.99. The molecule has 2 aromatic rings. The van der Waals surface area contributed by atoms with Crippen LogP contribution in [-0.2, 0) is 14.1 Å². The van der Waals surface area contributed by atoms with Gasteiger partial charge in [-0.25, -0.2) is 9.18 Å². The summed E-state index contributed by atoms with van der Waals surface area (Å²) in [5, 5.41) is 21.9. The first-order chi connectivity index (χ1) is 10.9. The summed E-state index contributed by atoms with van der Waals surface area (Å²) in [7, 11) is 2.69. The Labute approximate surface area is 130 Å². The Balaban J connectivity index is 2.31. The topological polar surface area (TPSA) is 100 Å². The van der Waals surface area contributed by atoms with Crippen LogP contribution in [0.2, 0.25) is 0 Å². The Morgan fingerprint density at radius 1 is 1.26 bits per heavy atom. The Morgan fingerprint density at radius 2 is 1.87 bits per heavy atom. The van der Waals surface area contributed by atoms with Crippen LogP contribution in [0.1, 0.15) is 17.2 Å². The number of aliphatic hydroxyl groups excluding tert-OH is 1. The van der Waals surface area contributed by atoms with Gasteiger partial charge in [0.25, 0.3) is 5.56 Å². The molecule has 0 radical (unpaired) electrons. The van der Waals surface area contributed by atoms with E-state index < -0.39 is 23.2 Å². The van der Waals surface area contributed by atoms with Crippen LogP contribution in [0.25, 0.3) is 0 Å². The van der Waals surface area contributed by atoms with E-state index in [2.05, 4.69) is 5.32 Å². The molecule has 0 aliphatic carbocycles. The Bertz CT molecular complexity index is 878. The highest BCUT2D eigenvalue weighted by Gasteiger charge is 2.16. The third kappa shape index (κ3) is 3.14. The van der Waals surface area contributed by atoms with Gasteiger partial charge in [-0.3, -0.25) is 13.9 Å². The average Bonchev–Trinajstić information content (AvgIpc) is 2.55. The van der Waals surface area contributed by atoms with Gasteiger partial charge in [-0.05, 0) is 17.7 Å². The van der Waals surface area contributed by atoms with Crippen LogP contribution in [0.3, 0.4) is 0 Å². The molecule has 1 atom stereocenters. The highest BCUT2D eigenvalue weighted by atomic mass is 19.1. The second-order valence-corrected chi connectivity index (χ2v) is 4.99. The number of rotatable bonds is 4. The predicted molar refractivity (Wildman–Crippen MR) is 81.5 cm³/mol. The van der Waals surface area contributed by atoms with E-state index in [0.717, 1.165) is 9.13 Å². The van der Waals surface area contributed by atoms with Crippen molar-refractivity contribution in [2.45, 2.75) is 6.10 Å². The van der Waals surface area contributed by atoms with Crippen molar-refractivity contribution < 1.29 is 9.50 Å². The summed E-state index contributed by atoms with van der Waals surface area (Å²) < 4.78 is 14.8. The summed E-state index contributed by atoms with van der Waals surface area (Å²) >= 11 is 0. The lowest BCUT2D eigenvalue weighted by atomic mass is 10.1. The highest BCUT2D eigenvalue weighted by Crippen LogP contribution is 2.15. The SMILES string of the molecule is Cn1c(NC[C@@H](O)c2ccc(F)cc2)c(C#N)c(=O)n(C)c1=O. The smallest absolute Gasteiger partial charge is 0.332 e. The van der Waals surface area contributed by atoms with Gasteiger partial charge in [0.1, 0.15) is 17.7 Å². The number of nitrogens with one attached hydrogen (secondary N) is 1. The number of aliphatic hydroxyl groups is 1. The minimum atomic E-state index is -0.999. The lowest BCUT2D eigenvalue weighted by molar-refractivity contribution is 0.191. The zero-order valence-electron chi connectivity index (χ0n) is 12.6. The van der Waals surface area contributed by atoms with Gasteiger partial charge in [-0.2, -0.15) is 5.26 Å². The van der Waals surface area contributed by atoms with Crippen LogP contribution in [0, 0.1) is 17.1 Å². The standard InChI is InChI=1S/C15H15FN4O3/c1-19-13(11(7-17)14(22)20(2)15(19)23)18-8-12(21)9-3-5-10(16)6-4-9/h3-6,12,18,21H,8H2,1-2H3/t12-/m1/s1. The van der Waals surface area contributed by atoms with Gasteiger partial charge in [0.15, 0.2) is 5.56 Å². The average molecular weight is 318 g/mol. The molecule has 0 unspecified atom stereocenters. The van der Waals surface area contributed by atoms with Gasteiger partial charge in [-0.15, -0.1) is 0 Å². The Morgan fingerprint density at radius 3 is 2.43 bits per heavy atom. The molecule has 0 amide bonds. The summed E-state index contributed by atoms with van der Waals surface area (Å²) in [4.78, 5) is 23.8. The minimum absolute atomic E-state index is 0.0294. The second kappa shape index (κ2) is 6.46. The molecule has 1 heterocycles. The molecule has 8 heteroatoms. The number of benzene rings is 1. The van der Waals surface area contributed by atoms with E-state index >= 15 is 0 Å². The van der Waals surface area contributed by atoms with E-state index in [0.29, 0.717) is 5.56 Å². The van der Waals surface area contributed by atoms with E-state index in [1.165, 1.54) is 38.4 Å². The molecular weight excluding hydrogens is 303 g/mol. The summed E-state index contributed by atoms with van der Waals surface area (Å²) in [6, 6.07) is 7.04. The molecule has 0 aliphatic rings.